The quantitative estimate of drug-likeness (QED) is 0.741. The van der Waals surface area contributed by atoms with E-state index in [2.05, 4.69) is 31.9 Å². The molecule has 3 atom stereocenters. The van der Waals surface area contributed by atoms with Crippen LogP contribution in [0.3, 0.4) is 0 Å². The van der Waals surface area contributed by atoms with Crippen molar-refractivity contribution in [1.82, 2.24) is 4.90 Å². The maximum atomic E-state index is 9.73. The summed E-state index contributed by atoms with van der Waals surface area (Å²) >= 11 is 0. The molecule has 0 amide bonds. The van der Waals surface area contributed by atoms with Gasteiger partial charge in [0.2, 0.25) is 0 Å². The number of hydrogen-bond donors (Lipinski definition) is 1. The standard InChI is InChI=1S/C15H21NO/c1-10-14-8-11-4-5-12(17)9-13(11)15(10,2)6-7-16(14)3/h4-5,9-10,14,17H,6-8H2,1-3H3/t10?,14-,15-/m1/s1. The molecular formula is C15H21NO. The highest BCUT2D eigenvalue weighted by Gasteiger charge is 2.47. The van der Waals surface area contributed by atoms with Crippen molar-refractivity contribution < 1.29 is 5.11 Å². The first-order chi connectivity index (χ1) is 8.02. The number of piperidine rings is 1. The van der Waals surface area contributed by atoms with E-state index in [-0.39, 0.29) is 5.41 Å². The van der Waals surface area contributed by atoms with Gasteiger partial charge in [0.05, 0.1) is 0 Å². The van der Waals surface area contributed by atoms with Crippen molar-refractivity contribution in [3.05, 3.63) is 29.3 Å². The summed E-state index contributed by atoms with van der Waals surface area (Å²) in [7, 11) is 2.24. The van der Waals surface area contributed by atoms with Crippen molar-refractivity contribution in [2.75, 3.05) is 13.6 Å². The summed E-state index contributed by atoms with van der Waals surface area (Å²) in [5.41, 5.74) is 3.05. The van der Waals surface area contributed by atoms with E-state index in [1.54, 1.807) is 0 Å². The molecule has 1 fully saturated rings. The van der Waals surface area contributed by atoms with Crippen molar-refractivity contribution >= 4 is 0 Å². The zero-order valence-electron chi connectivity index (χ0n) is 10.9. The van der Waals surface area contributed by atoms with Crippen LogP contribution in [0.25, 0.3) is 0 Å². The molecule has 1 aliphatic heterocycles. The summed E-state index contributed by atoms with van der Waals surface area (Å²) in [6.07, 6.45) is 2.32. The first-order valence-electron chi connectivity index (χ1n) is 6.55. The van der Waals surface area contributed by atoms with Gasteiger partial charge in [-0.1, -0.05) is 19.9 Å². The Hall–Kier alpha value is -1.02. The van der Waals surface area contributed by atoms with Crippen molar-refractivity contribution in [3.8, 4) is 5.75 Å². The lowest BCUT2D eigenvalue weighted by Crippen LogP contribution is -2.56. The van der Waals surface area contributed by atoms with E-state index >= 15 is 0 Å². The van der Waals surface area contributed by atoms with Crippen LogP contribution >= 0.6 is 0 Å². The predicted molar refractivity (Wildman–Crippen MR) is 69.4 cm³/mol. The molecule has 3 rings (SSSR count). The van der Waals surface area contributed by atoms with Gasteiger partial charge >= 0.3 is 0 Å². The van der Waals surface area contributed by atoms with Gasteiger partial charge in [-0.05, 0) is 61.0 Å². The molecule has 2 bridgehead atoms. The number of benzene rings is 1. The Morgan fingerprint density at radius 1 is 1.41 bits per heavy atom. The number of hydrogen-bond acceptors (Lipinski definition) is 2. The Kier molecular flexibility index (Phi) is 2.27. The Labute approximate surface area is 103 Å². The summed E-state index contributed by atoms with van der Waals surface area (Å²) in [5, 5.41) is 9.73. The van der Waals surface area contributed by atoms with Gasteiger partial charge in [0.15, 0.2) is 0 Å². The van der Waals surface area contributed by atoms with Gasteiger partial charge < -0.3 is 10.0 Å². The van der Waals surface area contributed by atoms with Crippen molar-refractivity contribution in [2.24, 2.45) is 5.92 Å². The molecular weight excluding hydrogens is 210 g/mol. The minimum absolute atomic E-state index is 0.240. The monoisotopic (exact) mass is 231 g/mol. The maximum Gasteiger partial charge on any atom is 0.115 e. The number of likely N-dealkylation sites (tertiary alicyclic amines) is 1. The van der Waals surface area contributed by atoms with Gasteiger partial charge in [-0.15, -0.1) is 0 Å². The van der Waals surface area contributed by atoms with Crippen LogP contribution in [0.5, 0.6) is 5.75 Å². The number of phenolic OH excluding ortho intramolecular Hbond substituents is 1. The largest absolute Gasteiger partial charge is 0.508 e. The second-order valence-corrected chi connectivity index (χ2v) is 6.05. The molecule has 1 aromatic rings. The summed E-state index contributed by atoms with van der Waals surface area (Å²) in [6, 6.07) is 6.59. The van der Waals surface area contributed by atoms with Gasteiger partial charge in [-0.2, -0.15) is 0 Å². The molecule has 1 heterocycles. The van der Waals surface area contributed by atoms with E-state index in [9.17, 15) is 5.11 Å². The van der Waals surface area contributed by atoms with Gasteiger partial charge in [-0.25, -0.2) is 0 Å². The zero-order chi connectivity index (χ0) is 12.2. The molecule has 0 aromatic heterocycles. The van der Waals surface area contributed by atoms with Crippen LogP contribution < -0.4 is 0 Å². The lowest BCUT2D eigenvalue weighted by molar-refractivity contribution is 0.0506. The van der Waals surface area contributed by atoms with Crippen molar-refractivity contribution in [3.63, 3.8) is 0 Å². The molecule has 1 aliphatic carbocycles. The van der Waals surface area contributed by atoms with E-state index in [1.807, 2.05) is 12.1 Å². The lowest BCUT2D eigenvalue weighted by Gasteiger charge is -2.53. The minimum Gasteiger partial charge on any atom is -0.508 e. The number of nitrogens with zero attached hydrogens (tertiary/aromatic N) is 1. The van der Waals surface area contributed by atoms with Crippen LogP contribution in [0.1, 0.15) is 31.4 Å². The number of fused-ring (bicyclic) bond motifs is 4. The SMILES string of the molecule is CC1[C@H]2Cc3ccc(O)cc3[C@]1(C)CCN2C. The molecule has 2 heteroatoms. The minimum atomic E-state index is 0.240. The van der Waals surface area contributed by atoms with Gasteiger partial charge in [0.1, 0.15) is 5.75 Å². The van der Waals surface area contributed by atoms with Crippen molar-refractivity contribution in [2.45, 2.75) is 38.1 Å². The Morgan fingerprint density at radius 3 is 2.94 bits per heavy atom. The van der Waals surface area contributed by atoms with E-state index in [0.29, 0.717) is 17.7 Å². The Bertz CT molecular complexity index is 456. The summed E-state index contributed by atoms with van der Waals surface area (Å²) in [6.45, 7) is 5.91. The first kappa shape index (κ1) is 11.1. The molecule has 1 N–H and O–H groups in total. The second-order valence-electron chi connectivity index (χ2n) is 6.05. The summed E-state index contributed by atoms with van der Waals surface area (Å²) in [5.74, 6) is 1.07. The maximum absolute atomic E-state index is 9.73. The van der Waals surface area contributed by atoms with Gasteiger partial charge in [0.25, 0.3) is 0 Å². The van der Waals surface area contributed by atoms with Crippen LogP contribution in [-0.4, -0.2) is 29.6 Å². The average molecular weight is 231 g/mol. The van der Waals surface area contributed by atoms with Gasteiger partial charge in [-0.3, -0.25) is 0 Å². The number of phenols is 1. The molecule has 0 radical (unpaired) electrons. The van der Waals surface area contributed by atoms with Crippen LogP contribution in [0.4, 0.5) is 0 Å². The fourth-order valence-electron chi connectivity index (χ4n) is 3.82. The third-order valence-corrected chi connectivity index (χ3v) is 5.27. The van der Waals surface area contributed by atoms with Crippen LogP contribution in [-0.2, 0) is 11.8 Å². The van der Waals surface area contributed by atoms with E-state index in [0.717, 1.165) is 6.42 Å². The van der Waals surface area contributed by atoms with Crippen LogP contribution in [0.2, 0.25) is 0 Å². The third-order valence-electron chi connectivity index (χ3n) is 5.27. The topological polar surface area (TPSA) is 23.5 Å². The molecule has 2 aliphatic rings. The number of likely N-dealkylation sites (N-methyl/N-ethyl adjacent to an activating group) is 1. The first-order valence-corrected chi connectivity index (χ1v) is 6.55. The molecule has 1 aromatic carbocycles. The number of rotatable bonds is 0. The zero-order valence-corrected chi connectivity index (χ0v) is 10.9. The highest BCUT2D eigenvalue weighted by molar-refractivity contribution is 5.44. The highest BCUT2D eigenvalue weighted by Crippen LogP contribution is 2.48. The molecule has 0 saturated carbocycles. The molecule has 0 spiro atoms. The normalized spacial score (nSPS) is 36.6. The third kappa shape index (κ3) is 1.43. The molecule has 92 valence electrons. The lowest BCUT2D eigenvalue weighted by atomic mass is 9.59. The van der Waals surface area contributed by atoms with Gasteiger partial charge in [0, 0.05) is 6.04 Å². The van der Waals surface area contributed by atoms with E-state index in [4.69, 9.17) is 0 Å². The Balaban J connectivity index is 2.16. The van der Waals surface area contributed by atoms with E-state index in [1.165, 1.54) is 24.1 Å². The molecule has 2 nitrogen and oxygen atoms in total. The molecule has 1 unspecified atom stereocenters. The van der Waals surface area contributed by atoms with E-state index < -0.39 is 0 Å². The molecule has 1 saturated heterocycles. The van der Waals surface area contributed by atoms with Crippen molar-refractivity contribution in [1.29, 1.82) is 0 Å². The van der Waals surface area contributed by atoms with Crippen LogP contribution in [0.15, 0.2) is 18.2 Å². The average Bonchev–Trinajstić information content (AvgIpc) is 2.30. The summed E-state index contributed by atoms with van der Waals surface area (Å²) in [4.78, 5) is 2.50. The number of aromatic hydroxyl groups is 1. The predicted octanol–water partition coefficient (Wildman–Crippen LogP) is 2.55. The van der Waals surface area contributed by atoms with Crippen LogP contribution in [0, 0.1) is 5.92 Å². The summed E-state index contributed by atoms with van der Waals surface area (Å²) < 4.78 is 0. The highest BCUT2D eigenvalue weighted by atomic mass is 16.3. The smallest absolute Gasteiger partial charge is 0.115 e. The fraction of sp³-hybridized carbons (Fsp3) is 0.600. The fourth-order valence-corrected chi connectivity index (χ4v) is 3.82. The second kappa shape index (κ2) is 3.49. The molecule has 17 heavy (non-hydrogen) atoms. The Morgan fingerprint density at radius 2 is 2.18 bits per heavy atom.